The van der Waals surface area contributed by atoms with E-state index in [4.69, 9.17) is 10.5 Å². The number of carbonyl (C=O) groups excluding carboxylic acids is 1. The Labute approximate surface area is 114 Å². The third-order valence-corrected chi connectivity index (χ3v) is 3.67. The summed E-state index contributed by atoms with van der Waals surface area (Å²) in [5, 5.41) is 3.00. The Morgan fingerprint density at radius 2 is 2.11 bits per heavy atom. The molecule has 1 aromatic rings. The van der Waals surface area contributed by atoms with E-state index in [1.165, 1.54) is 0 Å². The second kappa shape index (κ2) is 6.17. The molecule has 0 aliphatic heterocycles. The number of nitrogens with two attached hydrogens (primary N) is 1. The van der Waals surface area contributed by atoms with Gasteiger partial charge in [-0.05, 0) is 31.2 Å². The predicted molar refractivity (Wildman–Crippen MR) is 74.4 cm³/mol. The molecule has 1 aliphatic carbocycles. The van der Waals surface area contributed by atoms with E-state index in [1.54, 1.807) is 0 Å². The minimum atomic E-state index is -0.271. The highest BCUT2D eigenvalue weighted by molar-refractivity contribution is 5.78. The first-order chi connectivity index (χ1) is 9.14. The summed E-state index contributed by atoms with van der Waals surface area (Å²) in [6.45, 7) is 3.02. The Hall–Kier alpha value is -1.39. The van der Waals surface area contributed by atoms with Gasteiger partial charge < -0.3 is 15.8 Å². The summed E-state index contributed by atoms with van der Waals surface area (Å²) in [7, 11) is 0. The fraction of sp³-hybridized carbons (Fsp3) is 0.533. The number of carbonyl (C=O) groups is 1. The average molecular weight is 262 g/mol. The fourth-order valence-corrected chi connectivity index (χ4v) is 2.23. The summed E-state index contributed by atoms with van der Waals surface area (Å²) in [5.74, 6) is 0.436. The number of nitrogens with one attached hydrogen (secondary N) is 1. The van der Waals surface area contributed by atoms with Crippen molar-refractivity contribution in [3.8, 4) is 0 Å². The van der Waals surface area contributed by atoms with Crippen molar-refractivity contribution in [3.63, 3.8) is 0 Å². The summed E-state index contributed by atoms with van der Waals surface area (Å²) >= 11 is 0. The molecule has 2 rings (SSSR count). The van der Waals surface area contributed by atoms with Crippen LogP contribution in [0.15, 0.2) is 30.3 Å². The van der Waals surface area contributed by atoms with Crippen molar-refractivity contribution >= 4 is 5.91 Å². The molecule has 0 heterocycles. The standard InChI is InChI=1S/C15H22N2O2/c1-15(11-16,13-7-8-13)17-14(18)10-19-9-12-5-3-2-4-6-12/h2-6,13H,7-11,16H2,1H3,(H,17,18). The van der Waals surface area contributed by atoms with Gasteiger partial charge in [-0.2, -0.15) is 0 Å². The van der Waals surface area contributed by atoms with Crippen LogP contribution in [0.2, 0.25) is 0 Å². The maximum absolute atomic E-state index is 11.8. The molecule has 1 saturated carbocycles. The minimum Gasteiger partial charge on any atom is -0.367 e. The number of hydrogen-bond donors (Lipinski definition) is 2. The van der Waals surface area contributed by atoms with Gasteiger partial charge in [0.2, 0.25) is 5.91 Å². The first-order valence-corrected chi connectivity index (χ1v) is 6.77. The first-order valence-electron chi connectivity index (χ1n) is 6.77. The lowest BCUT2D eigenvalue weighted by molar-refractivity contribution is -0.128. The molecular formula is C15H22N2O2. The molecule has 1 atom stereocenters. The third kappa shape index (κ3) is 4.04. The van der Waals surface area contributed by atoms with Crippen molar-refractivity contribution in [1.82, 2.24) is 5.32 Å². The molecule has 1 aliphatic rings. The molecule has 1 amide bonds. The first kappa shape index (κ1) is 14.0. The predicted octanol–water partition coefficient (Wildman–Crippen LogP) is 1.45. The number of rotatable bonds is 7. The van der Waals surface area contributed by atoms with Crippen LogP contribution in [0.5, 0.6) is 0 Å². The van der Waals surface area contributed by atoms with Gasteiger partial charge in [-0.15, -0.1) is 0 Å². The van der Waals surface area contributed by atoms with Gasteiger partial charge >= 0.3 is 0 Å². The molecule has 1 fully saturated rings. The van der Waals surface area contributed by atoms with Gasteiger partial charge in [0, 0.05) is 6.54 Å². The van der Waals surface area contributed by atoms with E-state index in [0.29, 0.717) is 19.1 Å². The molecular weight excluding hydrogens is 240 g/mol. The number of ether oxygens (including phenoxy) is 1. The van der Waals surface area contributed by atoms with E-state index in [9.17, 15) is 4.79 Å². The SMILES string of the molecule is CC(CN)(NC(=O)COCc1ccccc1)C1CC1. The smallest absolute Gasteiger partial charge is 0.246 e. The Kier molecular flexibility index (Phi) is 4.56. The molecule has 4 heteroatoms. The summed E-state index contributed by atoms with van der Waals surface area (Å²) < 4.78 is 5.42. The summed E-state index contributed by atoms with van der Waals surface area (Å²) in [6.07, 6.45) is 2.30. The summed E-state index contributed by atoms with van der Waals surface area (Å²) in [6, 6.07) is 9.82. The zero-order valence-electron chi connectivity index (χ0n) is 11.4. The second-order valence-corrected chi connectivity index (χ2v) is 5.42. The van der Waals surface area contributed by atoms with Gasteiger partial charge in [0.25, 0.3) is 0 Å². The quantitative estimate of drug-likeness (QED) is 0.781. The molecule has 0 bridgehead atoms. The fourth-order valence-electron chi connectivity index (χ4n) is 2.23. The average Bonchev–Trinajstić information content (AvgIpc) is 3.24. The lowest BCUT2D eigenvalue weighted by atomic mass is 9.96. The zero-order valence-corrected chi connectivity index (χ0v) is 11.4. The van der Waals surface area contributed by atoms with Gasteiger partial charge in [0.1, 0.15) is 6.61 Å². The monoisotopic (exact) mass is 262 g/mol. The van der Waals surface area contributed by atoms with Crippen LogP contribution in [-0.2, 0) is 16.1 Å². The molecule has 3 N–H and O–H groups in total. The van der Waals surface area contributed by atoms with Crippen LogP contribution < -0.4 is 11.1 Å². The highest BCUT2D eigenvalue weighted by Gasteiger charge is 2.41. The summed E-state index contributed by atoms with van der Waals surface area (Å²) in [4.78, 5) is 11.8. The van der Waals surface area contributed by atoms with Crippen LogP contribution in [0, 0.1) is 5.92 Å². The Morgan fingerprint density at radius 3 is 2.68 bits per heavy atom. The molecule has 0 spiro atoms. The Bertz CT molecular complexity index is 417. The van der Waals surface area contributed by atoms with Crippen LogP contribution in [0.4, 0.5) is 0 Å². The largest absolute Gasteiger partial charge is 0.367 e. The topological polar surface area (TPSA) is 64.3 Å². The zero-order chi connectivity index (χ0) is 13.7. The Balaban J connectivity index is 1.72. The van der Waals surface area contributed by atoms with Crippen LogP contribution >= 0.6 is 0 Å². The molecule has 4 nitrogen and oxygen atoms in total. The maximum atomic E-state index is 11.8. The summed E-state index contributed by atoms with van der Waals surface area (Å²) in [5.41, 5.74) is 6.56. The molecule has 19 heavy (non-hydrogen) atoms. The molecule has 104 valence electrons. The normalized spacial score (nSPS) is 17.8. The van der Waals surface area contributed by atoms with Gasteiger partial charge in [-0.1, -0.05) is 30.3 Å². The molecule has 0 saturated heterocycles. The van der Waals surface area contributed by atoms with E-state index >= 15 is 0 Å². The molecule has 1 aromatic carbocycles. The van der Waals surface area contributed by atoms with Crippen LogP contribution in [0.3, 0.4) is 0 Å². The molecule has 0 aromatic heterocycles. The van der Waals surface area contributed by atoms with E-state index in [0.717, 1.165) is 18.4 Å². The van der Waals surface area contributed by atoms with Gasteiger partial charge in [-0.25, -0.2) is 0 Å². The number of benzene rings is 1. The van der Waals surface area contributed by atoms with Crippen molar-refractivity contribution in [2.24, 2.45) is 11.7 Å². The maximum Gasteiger partial charge on any atom is 0.246 e. The van der Waals surface area contributed by atoms with Crippen LogP contribution in [0.25, 0.3) is 0 Å². The van der Waals surface area contributed by atoms with E-state index in [-0.39, 0.29) is 18.1 Å². The minimum absolute atomic E-state index is 0.0806. The van der Waals surface area contributed by atoms with Gasteiger partial charge in [-0.3, -0.25) is 4.79 Å². The Morgan fingerprint density at radius 1 is 1.42 bits per heavy atom. The third-order valence-electron chi connectivity index (χ3n) is 3.67. The number of hydrogen-bond acceptors (Lipinski definition) is 3. The van der Waals surface area contributed by atoms with Crippen molar-refractivity contribution in [2.75, 3.05) is 13.2 Å². The molecule has 1 unspecified atom stereocenters. The van der Waals surface area contributed by atoms with Crippen LogP contribution in [0.1, 0.15) is 25.3 Å². The van der Waals surface area contributed by atoms with Crippen molar-refractivity contribution in [2.45, 2.75) is 31.9 Å². The lowest BCUT2D eigenvalue weighted by Crippen LogP contribution is -2.54. The van der Waals surface area contributed by atoms with Crippen molar-refractivity contribution in [1.29, 1.82) is 0 Å². The highest BCUT2D eigenvalue weighted by Crippen LogP contribution is 2.38. The lowest BCUT2D eigenvalue weighted by Gasteiger charge is -2.29. The van der Waals surface area contributed by atoms with E-state index in [1.807, 2.05) is 37.3 Å². The number of amides is 1. The van der Waals surface area contributed by atoms with Gasteiger partial charge in [0.05, 0.1) is 12.1 Å². The van der Waals surface area contributed by atoms with Gasteiger partial charge in [0.15, 0.2) is 0 Å². The second-order valence-electron chi connectivity index (χ2n) is 5.42. The van der Waals surface area contributed by atoms with Crippen LogP contribution in [-0.4, -0.2) is 24.6 Å². The van der Waals surface area contributed by atoms with E-state index in [2.05, 4.69) is 5.32 Å². The molecule has 0 radical (unpaired) electrons. The van der Waals surface area contributed by atoms with Crippen molar-refractivity contribution < 1.29 is 9.53 Å². The van der Waals surface area contributed by atoms with E-state index < -0.39 is 0 Å². The highest BCUT2D eigenvalue weighted by atomic mass is 16.5. The van der Waals surface area contributed by atoms with Crippen molar-refractivity contribution in [3.05, 3.63) is 35.9 Å².